The molecule has 90 valence electrons. The fourth-order valence-corrected chi connectivity index (χ4v) is 2.41. The number of rotatable bonds is 8. The Morgan fingerprint density at radius 2 is 2.00 bits per heavy atom. The molecule has 1 aromatic heterocycles. The van der Waals surface area contributed by atoms with E-state index in [0.29, 0.717) is 6.42 Å². The number of aryl methyl sites for hydroxylation is 1. The van der Waals surface area contributed by atoms with Crippen molar-refractivity contribution in [3.8, 4) is 0 Å². The van der Waals surface area contributed by atoms with Gasteiger partial charge >= 0.3 is 5.97 Å². The molecule has 0 saturated carbocycles. The zero-order valence-corrected chi connectivity index (χ0v) is 10.7. The lowest BCUT2D eigenvalue weighted by Crippen LogP contribution is -1.99. The van der Waals surface area contributed by atoms with Crippen LogP contribution in [0.1, 0.15) is 43.4 Å². The van der Waals surface area contributed by atoms with Crippen LogP contribution in [0.5, 0.6) is 0 Å². The molecular formula is C13H20O2S. The molecule has 0 aliphatic carbocycles. The lowest BCUT2D eigenvalue weighted by Gasteiger charge is -2.00. The summed E-state index contributed by atoms with van der Waals surface area (Å²) in [4.78, 5) is 12.3. The van der Waals surface area contributed by atoms with E-state index in [-0.39, 0.29) is 5.97 Å². The molecule has 0 fully saturated rings. The molecule has 0 radical (unpaired) electrons. The van der Waals surface area contributed by atoms with E-state index < -0.39 is 0 Å². The SMILES string of the molecule is COC(=O)CCCCCCCc1cccs1. The molecule has 0 aromatic carbocycles. The number of methoxy groups -OCH3 is 1. The molecule has 0 N–H and O–H groups in total. The van der Waals surface area contributed by atoms with Gasteiger partial charge in [-0.3, -0.25) is 4.79 Å². The van der Waals surface area contributed by atoms with Gasteiger partial charge in [-0.25, -0.2) is 0 Å². The summed E-state index contributed by atoms with van der Waals surface area (Å²) in [6, 6.07) is 4.30. The van der Waals surface area contributed by atoms with Crippen LogP contribution in [0.3, 0.4) is 0 Å². The maximum atomic E-state index is 10.8. The molecule has 0 amide bonds. The summed E-state index contributed by atoms with van der Waals surface area (Å²) < 4.78 is 4.59. The highest BCUT2D eigenvalue weighted by Crippen LogP contribution is 2.14. The summed E-state index contributed by atoms with van der Waals surface area (Å²) in [7, 11) is 1.45. The third-order valence-corrected chi connectivity index (χ3v) is 3.55. The van der Waals surface area contributed by atoms with Crippen molar-refractivity contribution in [3.63, 3.8) is 0 Å². The third kappa shape index (κ3) is 5.91. The maximum absolute atomic E-state index is 10.8. The summed E-state index contributed by atoms with van der Waals surface area (Å²) in [6.45, 7) is 0. The van der Waals surface area contributed by atoms with Crippen LogP contribution in [0.15, 0.2) is 17.5 Å². The minimum absolute atomic E-state index is 0.0846. The summed E-state index contributed by atoms with van der Waals surface area (Å²) in [5.41, 5.74) is 0. The molecule has 16 heavy (non-hydrogen) atoms. The molecule has 0 saturated heterocycles. The van der Waals surface area contributed by atoms with Crippen LogP contribution in [0.25, 0.3) is 0 Å². The molecule has 1 aromatic rings. The second kappa shape index (κ2) is 8.34. The predicted molar refractivity (Wildman–Crippen MR) is 67.7 cm³/mol. The van der Waals surface area contributed by atoms with Gasteiger partial charge in [-0.15, -0.1) is 11.3 Å². The molecule has 0 atom stereocenters. The van der Waals surface area contributed by atoms with E-state index in [2.05, 4.69) is 22.2 Å². The molecular weight excluding hydrogens is 220 g/mol. The van der Waals surface area contributed by atoms with Gasteiger partial charge in [-0.1, -0.05) is 25.3 Å². The molecule has 0 aliphatic heterocycles. The van der Waals surface area contributed by atoms with Crippen LogP contribution < -0.4 is 0 Å². The fourth-order valence-electron chi connectivity index (χ4n) is 1.66. The van der Waals surface area contributed by atoms with E-state index in [0.717, 1.165) is 12.8 Å². The van der Waals surface area contributed by atoms with E-state index in [1.165, 1.54) is 37.7 Å². The number of ether oxygens (including phenoxy) is 1. The summed E-state index contributed by atoms with van der Waals surface area (Å²) >= 11 is 1.84. The quantitative estimate of drug-likeness (QED) is 0.510. The van der Waals surface area contributed by atoms with Crippen LogP contribution in [0.4, 0.5) is 0 Å². The van der Waals surface area contributed by atoms with E-state index in [1.54, 1.807) is 0 Å². The van der Waals surface area contributed by atoms with Crippen molar-refractivity contribution in [2.45, 2.75) is 44.9 Å². The molecule has 2 nitrogen and oxygen atoms in total. The highest BCUT2D eigenvalue weighted by atomic mass is 32.1. The Kier molecular flexibility index (Phi) is 6.90. The first-order valence-corrected chi connectivity index (χ1v) is 6.80. The Morgan fingerprint density at radius 3 is 2.69 bits per heavy atom. The number of carbonyl (C=O) groups is 1. The summed E-state index contributed by atoms with van der Waals surface area (Å²) in [5.74, 6) is -0.0846. The molecule has 0 aliphatic rings. The normalized spacial score (nSPS) is 10.3. The largest absolute Gasteiger partial charge is 0.469 e. The van der Waals surface area contributed by atoms with Gasteiger partial charge in [-0.05, 0) is 30.7 Å². The van der Waals surface area contributed by atoms with Crippen molar-refractivity contribution in [2.75, 3.05) is 7.11 Å². The van der Waals surface area contributed by atoms with Crippen molar-refractivity contribution in [1.82, 2.24) is 0 Å². The minimum atomic E-state index is -0.0846. The highest BCUT2D eigenvalue weighted by Gasteiger charge is 1.99. The van der Waals surface area contributed by atoms with E-state index in [9.17, 15) is 4.79 Å². The zero-order chi connectivity index (χ0) is 11.6. The van der Waals surface area contributed by atoms with Gasteiger partial charge in [0.2, 0.25) is 0 Å². The fraction of sp³-hybridized carbons (Fsp3) is 0.615. The van der Waals surface area contributed by atoms with Gasteiger partial charge in [0, 0.05) is 11.3 Å². The molecule has 3 heteroatoms. The molecule has 0 spiro atoms. The van der Waals surface area contributed by atoms with Crippen LogP contribution in [0, 0.1) is 0 Å². The predicted octanol–water partition coefficient (Wildman–Crippen LogP) is 3.80. The first kappa shape index (κ1) is 13.2. The Labute approximate surface area is 102 Å². The molecule has 1 heterocycles. The van der Waals surface area contributed by atoms with E-state index in [1.807, 2.05) is 11.3 Å². The Balaban J connectivity index is 1.87. The minimum Gasteiger partial charge on any atom is -0.469 e. The van der Waals surface area contributed by atoms with E-state index in [4.69, 9.17) is 0 Å². The Hall–Kier alpha value is -0.830. The average molecular weight is 240 g/mol. The van der Waals surface area contributed by atoms with Crippen molar-refractivity contribution in [3.05, 3.63) is 22.4 Å². The van der Waals surface area contributed by atoms with Crippen LogP contribution >= 0.6 is 11.3 Å². The second-order valence-electron chi connectivity index (χ2n) is 3.92. The van der Waals surface area contributed by atoms with Crippen LogP contribution in [-0.2, 0) is 16.0 Å². The van der Waals surface area contributed by atoms with Crippen molar-refractivity contribution in [2.24, 2.45) is 0 Å². The smallest absolute Gasteiger partial charge is 0.305 e. The van der Waals surface area contributed by atoms with Crippen LogP contribution in [-0.4, -0.2) is 13.1 Å². The number of hydrogen-bond acceptors (Lipinski definition) is 3. The second-order valence-corrected chi connectivity index (χ2v) is 4.96. The first-order chi connectivity index (χ1) is 7.83. The number of unbranched alkanes of at least 4 members (excludes halogenated alkanes) is 4. The average Bonchev–Trinajstić information content (AvgIpc) is 2.80. The first-order valence-electron chi connectivity index (χ1n) is 5.92. The van der Waals surface area contributed by atoms with Gasteiger partial charge in [0.05, 0.1) is 7.11 Å². The summed E-state index contributed by atoms with van der Waals surface area (Å²) in [6.07, 6.45) is 7.63. The van der Waals surface area contributed by atoms with Gasteiger partial charge in [-0.2, -0.15) is 0 Å². The van der Waals surface area contributed by atoms with Crippen LogP contribution in [0.2, 0.25) is 0 Å². The number of hydrogen-bond donors (Lipinski definition) is 0. The monoisotopic (exact) mass is 240 g/mol. The van der Waals surface area contributed by atoms with Crippen molar-refractivity contribution >= 4 is 17.3 Å². The number of esters is 1. The molecule has 0 unspecified atom stereocenters. The molecule has 1 rings (SSSR count). The topological polar surface area (TPSA) is 26.3 Å². The Bertz CT molecular complexity index is 280. The van der Waals surface area contributed by atoms with Gasteiger partial charge < -0.3 is 4.74 Å². The van der Waals surface area contributed by atoms with E-state index >= 15 is 0 Å². The van der Waals surface area contributed by atoms with Gasteiger partial charge in [0.25, 0.3) is 0 Å². The third-order valence-electron chi connectivity index (χ3n) is 2.61. The standard InChI is InChI=1S/C13H20O2S/c1-15-13(14)10-6-4-2-3-5-8-12-9-7-11-16-12/h7,9,11H,2-6,8,10H2,1H3. The summed E-state index contributed by atoms with van der Waals surface area (Å²) in [5, 5.41) is 2.13. The zero-order valence-electron chi connectivity index (χ0n) is 9.91. The number of carbonyl (C=O) groups excluding carboxylic acids is 1. The van der Waals surface area contributed by atoms with Gasteiger partial charge in [0.1, 0.15) is 0 Å². The number of thiophene rings is 1. The molecule has 0 bridgehead atoms. The van der Waals surface area contributed by atoms with Gasteiger partial charge in [0.15, 0.2) is 0 Å². The lowest BCUT2D eigenvalue weighted by atomic mass is 10.1. The van der Waals surface area contributed by atoms with Crippen molar-refractivity contribution in [1.29, 1.82) is 0 Å². The lowest BCUT2D eigenvalue weighted by molar-refractivity contribution is -0.140. The maximum Gasteiger partial charge on any atom is 0.305 e. The Morgan fingerprint density at radius 1 is 1.25 bits per heavy atom. The van der Waals surface area contributed by atoms with Crippen molar-refractivity contribution < 1.29 is 9.53 Å². The highest BCUT2D eigenvalue weighted by molar-refractivity contribution is 7.09.